The first-order valence-electron chi connectivity index (χ1n) is 6.70. The normalized spacial score (nSPS) is 25.8. The summed E-state index contributed by atoms with van der Waals surface area (Å²) < 4.78 is 9.62. The molecule has 0 N–H and O–H groups in total. The van der Waals surface area contributed by atoms with Crippen molar-refractivity contribution in [1.29, 1.82) is 5.26 Å². The average Bonchev–Trinajstić information content (AvgIpc) is 2.72. The van der Waals surface area contributed by atoms with Crippen LogP contribution in [0.5, 0.6) is 0 Å². The molecule has 0 aromatic rings. The van der Waals surface area contributed by atoms with Crippen LogP contribution in [0.3, 0.4) is 0 Å². The van der Waals surface area contributed by atoms with Crippen LogP contribution in [0, 0.1) is 33.3 Å². The molecule has 21 heavy (non-hydrogen) atoms. The van der Waals surface area contributed by atoms with Gasteiger partial charge in [0.25, 0.3) is 0 Å². The molecule has 0 aromatic carbocycles. The fourth-order valence-corrected chi connectivity index (χ4v) is 2.66. The van der Waals surface area contributed by atoms with Crippen molar-refractivity contribution in [3.63, 3.8) is 0 Å². The van der Waals surface area contributed by atoms with E-state index in [1.54, 1.807) is 6.92 Å². The van der Waals surface area contributed by atoms with Gasteiger partial charge in [0.2, 0.25) is 6.04 Å². The van der Waals surface area contributed by atoms with E-state index in [0.717, 1.165) is 0 Å². The van der Waals surface area contributed by atoms with Gasteiger partial charge in [-0.25, -0.2) is 0 Å². The molecule has 0 spiro atoms. The number of nitriles is 1. The minimum Gasteiger partial charge on any atom is -0.469 e. The van der Waals surface area contributed by atoms with E-state index in [1.165, 1.54) is 7.11 Å². The predicted molar refractivity (Wildman–Crippen MR) is 69.4 cm³/mol. The third-order valence-electron chi connectivity index (χ3n) is 3.77. The predicted octanol–water partition coefficient (Wildman–Crippen LogP) is 1.07. The Morgan fingerprint density at radius 3 is 2.81 bits per heavy atom. The van der Waals surface area contributed by atoms with Gasteiger partial charge in [0.05, 0.1) is 31.4 Å². The van der Waals surface area contributed by atoms with Crippen molar-refractivity contribution >= 4 is 11.9 Å². The second-order valence-electron chi connectivity index (χ2n) is 5.01. The molecule has 1 aliphatic rings. The second-order valence-corrected chi connectivity index (χ2v) is 5.01. The van der Waals surface area contributed by atoms with Crippen LogP contribution in [-0.4, -0.2) is 36.1 Å². The van der Waals surface area contributed by atoms with Gasteiger partial charge in [-0.05, 0) is 6.42 Å². The Balaban J connectivity index is 2.86. The highest BCUT2D eigenvalue weighted by molar-refractivity contribution is 5.75. The molecule has 8 heteroatoms. The highest BCUT2D eigenvalue weighted by atomic mass is 16.6. The number of carbonyl (C=O) groups is 2. The van der Waals surface area contributed by atoms with Crippen molar-refractivity contribution in [2.75, 3.05) is 7.11 Å². The zero-order chi connectivity index (χ0) is 16.0. The molecule has 0 bridgehead atoms. The van der Waals surface area contributed by atoms with Gasteiger partial charge in [-0.1, -0.05) is 6.92 Å². The quantitative estimate of drug-likeness (QED) is 0.391. The maximum atomic E-state index is 11.7. The van der Waals surface area contributed by atoms with Crippen LogP contribution >= 0.6 is 0 Å². The number of cyclic esters (lactones) is 1. The average molecular weight is 298 g/mol. The first-order chi connectivity index (χ1) is 9.92. The van der Waals surface area contributed by atoms with Crippen LogP contribution in [0.1, 0.15) is 32.6 Å². The molecule has 0 aliphatic carbocycles. The Morgan fingerprint density at radius 1 is 1.62 bits per heavy atom. The van der Waals surface area contributed by atoms with Gasteiger partial charge in [-0.15, -0.1) is 0 Å². The van der Waals surface area contributed by atoms with E-state index in [4.69, 9.17) is 10.00 Å². The fraction of sp³-hybridized carbons (Fsp3) is 0.769. The maximum absolute atomic E-state index is 11.7. The summed E-state index contributed by atoms with van der Waals surface area (Å²) in [6.07, 6.45) is -0.346. The van der Waals surface area contributed by atoms with Crippen LogP contribution < -0.4 is 0 Å². The summed E-state index contributed by atoms with van der Waals surface area (Å²) in [5.74, 6) is -2.28. The van der Waals surface area contributed by atoms with Gasteiger partial charge in [0.15, 0.2) is 0 Å². The van der Waals surface area contributed by atoms with E-state index in [1.807, 2.05) is 6.07 Å². The van der Waals surface area contributed by atoms with Crippen LogP contribution in [0.2, 0.25) is 0 Å². The molecule has 0 saturated carbocycles. The monoisotopic (exact) mass is 298 g/mol. The van der Waals surface area contributed by atoms with E-state index in [9.17, 15) is 19.7 Å². The Kier molecular flexibility index (Phi) is 6.09. The minimum atomic E-state index is -1.07. The van der Waals surface area contributed by atoms with Gasteiger partial charge < -0.3 is 9.47 Å². The van der Waals surface area contributed by atoms with Gasteiger partial charge in [0, 0.05) is 17.8 Å². The van der Waals surface area contributed by atoms with Crippen molar-refractivity contribution < 1.29 is 24.0 Å². The lowest BCUT2D eigenvalue weighted by molar-refractivity contribution is -0.535. The van der Waals surface area contributed by atoms with Crippen LogP contribution in [0.25, 0.3) is 0 Å². The van der Waals surface area contributed by atoms with E-state index in [-0.39, 0.29) is 25.7 Å². The molecule has 0 amide bonds. The molecule has 0 aromatic heterocycles. The molecule has 116 valence electrons. The van der Waals surface area contributed by atoms with E-state index in [0.29, 0.717) is 0 Å². The summed E-state index contributed by atoms with van der Waals surface area (Å²) in [6, 6.07) is 0.862. The first kappa shape index (κ1) is 16.9. The Bertz CT molecular complexity index is 458. The third-order valence-corrected chi connectivity index (χ3v) is 3.77. The van der Waals surface area contributed by atoms with Crippen LogP contribution in [0.4, 0.5) is 0 Å². The summed E-state index contributed by atoms with van der Waals surface area (Å²) in [7, 11) is 1.21. The molecule has 1 fully saturated rings. The van der Waals surface area contributed by atoms with Crippen LogP contribution in [0.15, 0.2) is 0 Å². The molecular weight excluding hydrogens is 280 g/mol. The second kappa shape index (κ2) is 7.57. The lowest BCUT2D eigenvalue weighted by Gasteiger charge is -2.22. The Labute approximate surface area is 122 Å². The highest BCUT2D eigenvalue weighted by Crippen LogP contribution is 2.36. The summed E-state index contributed by atoms with van der Waals surface area (Å²) in [4.78, 5) is 33.6. The lowest BCUT2D eigenvalue weighted by Crippen LogP contribution is -2.38. The molecule has 4 atom stereocenters. The van der Waals surface area contributed by atoms with Gasteiger partial charge in [-0.2, -0.15) is 5.26 Å². The molecular formula is C13H18N2O6. The summed E-state index contributed by atoms with van der Waals surface area (Å²) in [6.45, 7) is 1.58. The Morgan fingerprint density at radius 2 is 2.29 bits per heavy atom. The fourth-order valence-electron chi connectivity index (χ4n) is 2.66. The summed E-state index contributed by atoms with van der Waals surface area (Å²) in [5, 5.41) is 19.9. The smallest absolute Gasteiger partial charge is 0.309 e. The molecule has 1 unspecified atom stereocenters. The number of hydrogen-bond donors (Lipinski definition) is 0. The van der Waals surface area contributed by atoms with Crippen molar-refractivity contribution in [2.24, 2.45) is 11.8 Å². The van der Waals surface area contributed by atoms with E-state index >= 15 is 0 Å². The minimum absolute atomic E-state index is 0.0195. The zero-order valence-electron chi connectivity index (χ0n) is 12.0. The molecule has 0 radical (unpaired) electrons. The maximum Gasteiger partial charge on any atom is 0.309 e. The van der Waals surface area contributed by atoms with Gasteiger partial charge in [-0.3, -0.25) is 19.7 Å². The van der Waals surface area contributed by atoms with Gasteiger partial charge in [0.1, 0.15) is 6.10 Å². The molecule has 1 saturated heterocycles. The summed E-state index contributed by atoms with van der Waals surface area (Å²) >= 11 is 0. The Hall–Kier alpha value is -2.17. The van der Waals surface area contributed by atoms with Crippen molar-refractivity contribution in [2.45, 2.75) is 44.8 Å². The molecule has 8 nitrogen and oxygen atoms in total. The van der Waals surface area contributed by atoms with Crippen molar-refractivity contribution in [3.8, 4) is 6.07 Å². The lowest BCUT2D eigenvalue weighted by atomic mass is 9.82. The first-order valence-corrected chi connectivity index (χ1v) is 6.70. The number of ether oxygens (including phenoxy) is 2. The number of methoxy groups -OCH3 is 1. The van der Waals surface area contributed by atoms with Crippen molar-refractivity contribution in [1.82, 2.24) is 0 Å². The standard InChI is InChI=1S/C13H18N2O6/c1-8-12(10(4-3-7-14)21-13(8)17)9(15(18)19)5-6-11(16)20-2/h8-10,12H,3-6H2,1-2H3/t8-,9?,10+,12+/m0/s1. The number of nitro groups is 1. The zero-order valence-corrected chi connectivity index (χ0v) is 12.0. The number of rotatable bonds is 7. The van der Waals surface area contributed by atoms with Gasteiger partial charge >= 0.3 is 11.9 Å². The van der Waals surface area contributed by atoms with E-state index in [2.05, 4.69) is 4.74 Å². The number of carbonyl (C=O) groups excluding carboxylic acids is 2. The number of hydrogen-bond acceptors (Lipinski definition) is 7. The van der Waals surface area contributed by atoms with E-state index < -0.39 is 40.8 Å². The molecule has 1 rings (SSSR count). The van der Waals surface area contributed by atoms with Crippen molar-refractivity contribution in [3.05, 3.63) is 10.1 Å². The third kappa shape index (κ3) is 4.15. The molecule has 1 heterocycles. The topological polar surface area (TPSA) is 120 Å². The SMILES string of the molecule is COC(=O)CCC([C@H]1[C@H](C)C(=O)O[C@@H]1CCC#N)[N+](=O)[O-]. The largest absolute Gasteiger partial charge is 0.469 e. The number of esters is 2. The number of nitrogens with zero attached hydrogens (tertiary/aromatic N) is 2. The summed E-state index contributed by atoms with van der Waals surface area (Å²) in [5.41, 5.74) is 0. The highest BCUT2D eigenvalue weighted by Gasteiger charge is 2.50. The molecule has 1 aliphatic heterocycles. The van der Waals surface area contributed by atoms with Crippen LogP contribution in [-0.2, 0) is 19.1 Å².